The average Bonchev–Trinajstić information content (AvgIpc) is 3.05. The highest BCUT2D eigenvalue weighted by Crippen LogP contribution is 2.25. The molecule has 0 atom stereocenters. The van der Waals surface area contributed by atoms with Crippen LogP contribution in [0.2, 0.25) is 0 Å². The van der Waals surface area contributed by atoms with Gasteiger partial charge < -0.3 is 10.0 Å². The van der Waals surface area contributed by atoms with Crippen molar-refractivity contribution >= 4 is 11.5 Å². The second-order valence-electron chi connectivity index (χ2n) is 6.03. The number of amides is 1. The Hall–Kier alpha value is -2.56. The summed E-state index contributed by atoms with van der Waals surface area (Å²) in [4.78, 5) is 14.5. The molecular formula is C18H21N3O2. The second kappa shape index (κ2) is 6.28. The summed E-state index contributed by atoms with van der Waals surface area (Å²) in [6.07, 6.45) is 4.57. The van der Waals surface area contributed by atoms with Crippen molar-refractivity contribution < 1.29 is 9.90 Å². The predicted molar refractivity (Wildman–Crippen MR) is 89.2 cm³/mol. The molecule has 1 aliphatic rings. The molecule has 23 heavy (non-hydrogen) atoms. The minimum atomic E-state index is 0.0252. The van der Waals surface area contributed by atoms with Crippen molar-refractivity contribution in [3.63, 3.8) is 0 Å². The molecule has 5 heteroatoms. The SMILES string of the molecule is CC(C)n1nccc1C(=O)N1CC=C(c2ccc(O)cc2)CC1. The number of nitrogens with zero attached hydrogens (tertiary/aromatic N) is 3. The Morgan fingerprint density at radius 1 is 1.22 bits per heavy atom. The zero-order valence-electron chi connectivity index (χ0n) is 13.4. The molecule has 2 heterocycles. The van der Waals surface area contributed by atoms with E-state index in [0.29, 0.717) is 18.8 Å². The molecule has 1 N–H and O–H groups in total. The summed E-state index contributed by atoms with van der Waals surface area (Å²) < 4.78 is 1.77. The first kappa shape index (κ1) is 15.3. The van der Waals surface area contributed by atoms with Gasteiger partial charge in [-0.15, -0.1) is 0 Å². The maximum Gasteiger partial charge on any atom is 0.272 e. The number of hydrogen-bond acceptors (Lipinski definition) is 3. The van der Waals surface area contributed by atoms with E-state index in [-0.39, 0.29) is 17.7 Å². The van der Waals surface area contributed by atoms with E-state index in [1.807, 2.05) is 30.9 Å². The molecule has 0 spiro atoms. The van der Waals surface area contributed by atoms with Gasteiger partial charge in [-0.3, -0.25) is 9.48 Å². The Labute approximate surface area is 135 Å². The smallest absolute Gasteiger partial charge is 0.272 e. The van der Waals surface area contributed by atoms with Crippen molar-refractivity contribution in [3.8, 4) is 5.75 Å². The van der Waals surface area contributed by atoms with Crippen molar-refractivity contribution in [2.24, 2.45) is 0 Å². The number of hydrogen-bond donors (Lipinski definition) is 1. The molecule has 0 saturated carbocycles. The van der Waals surface area contributed by atoms with Gasteiger partial charge in [-0.25, -0.2) is 0 Å². The van der Waals surface area contributed by atoms with Gasteiger partial charge in [0.1, 0.15) is 11.4 Å². The Bertz CT molecular complexity index is 729. The molecule has 0 fully saturated rings. The van der Waals surface area contributed by atoms with Crippen LogP contribution in [0, 0.1) is 0 Å². The first-order chi connectivity index (χ1) is 11.1. The molecule has 0 bridgehead atoms. The van der Waals surface area contributed by atoms with Crippen LogP contribution in [0.3, 0.4) is 0 Å². The van der Waals surface area contributed by atoms with Crippen LogP contribution in [0.15, 0.2) is 42.6 Å². The molecule has 120 valence electrons. The van der Waals surface area contributed by atoms with Crippen LogP contribution < -0.4 is 0 Å². The van der Waals surface area contributed by atoms with Crippen LogP contribution in [0.25, 0.3) is 5.57 Å². The average molecular weight is 311 g/mol. The monoisotopic (exact) mass is 311 g/mol. The Morgan fingerprint density at radius 2 is 1.96 bits per heavy atom. The van der Waals surface area contributed by atoms with E-state index in [0.717, 1.165) is 12.0 Å². The van der Waals surface area contributed by atoms with Crippen molar-refractivity contribution in [2.45, 2.75) is 26.3 Å². The molecule has 0 aliphatic carbocycles. The van der Waals surface area contributed by atoms with Crippen molar-refractivity contribution in [1.82, 2.24) is 14.7 Å². The molecule has 0 radical (unpaired) electrons. The molecule has 5 nitrogen and oxygen atoms in total. The first-order valence-electron chi connectivity index (χ1n) is 7.87. The van der Waals surface area contributed by atoms with Crippen molar-refractivity contribution in [3.05, 3.63) is 53.9 Å². The van der Waals surface area contributed by atoms with Crippen LogP contribution >= 0.6 is 0 Å². The predicted octanol–water partition coefficient (Wildman–Crippen LogP) is 3.10. The summed E-state index contributed by atoms with van der Waals surface area (Å²) in [5.74, 6) is 0.293. The van der Waals surface area contributed by atoms with E-state index in [9.17, 15) is 9.90 Å². The van der Waals surface area contributed by atoms with E-state index >= 15 is 0 Å². The number of benzene rings is 1. The van der Waals surface area contributed by atoms with E-state index in [4.69, 9.17) is 0 Å². The zero-order chi connectivity index (χ0) is 16.4. The summed E-state index contributed by atoms with van der Waals surface area (Å²) in [5.41, 5.74) is 2.95. The number of carbonyl (C=O) groups excluding carboxylic acids is 1. The lowest BCUT2D eigenvalue weighted by molar-refractivity contribution is 0.0758. The van der Waals surface area contributed by atoms with E-state index < -0.39 is 0 Å². The normalized spacial score (nSPS) is 14.9. The molecule has 0 unspecified atom stereocenters. The summed E-state index contributed by atoms with van der Waals surface area (Å²) in [6.45, 7) is 5.32. The van der Waals surface area contributed by atoms with Crippen LogP contribution in [0.5, 0.6) is 5.75 Å². The topological polar surface area (TPSA) is 58.4 Å². The third kappa shape index (κ3) is 3.13. The van der Waals surface area contributed by atoms with Crippen molar-refractivity contribution in [2.75, 3.05) is 13.1 Å². The van der Waals surface area contributed by atoms with Gasteiger partial charge in [0.2, 0.25) is 0 Å². The number of carbonyl (C=O) groups is 1. The number of phenolic OH excluding ortho intramolecular Hbond substituents is 1. The first-order valence-corrected chi connectivity index (χ1v) is 7.87. The van der Waals surface area contributed by atoms with Gasteiger partial charge in [0.05, 0.1) is 0 Å². The Balaban J connectivity index is 1.74. The highest BCUT2D eigenvalue weighted by atomic mass is 16.3. The maximum atomic E-state index is 12.7. The molecule has 1 amide bonds. The van der Waals surface area contributed by atoms with Crippen molar-refractivity contribution in [1.29, 1.82) is 0 Å². The number of aromatic hydroxyl groups is 1. The van der Waals surface area contributed by atoms with Gasteiger partial charge in [-0.2, -0.15) is 5.10 Å². The molecular weight excluding hydrogens is 290 g/mol. The third-order valence-electron chi connectivity index (χ3n) is 4.11. The lowest BCUT2D eigenvalue weighted by atomic mass is 9.99. The molecule has 1 aromatic heterocycles. The highest BCUT2D eigenvalue weighted by Gasteiger charge is 2.22. The number of phenols is 1. The fourth-order valence-corrected chi connectivity index (χ4v) is 2.85. The van der Waals surface area contributed by atoms with Crippen LogP contribution in [-0.2, 0) is 0 Å². The lowest BCUT2D eigenvalue weighted by Gasteiger charge is -2.27. The summed E-state index contributed by atoms with van der Waals surface area (Å²) in [7, 11) is 0. The minimum Gasteiger partial charge on any atom is -0.508 e. The second-order valence-corrected chi connectivity index (χ2v) is 6.03. The largest absolute Gasteiger partial charge is 0.508 e. The molecule has 1 aliphatic heterocycles. The molecule has 2 aromatic rings. The van der Waals surface area contributed by atoms with Gasteiger partial charge in [0.15, 0.2) is 0 Å². The van der Waals surface area contributed by atoms with Crippen LogP contribution in [0.4, 0.5) is 0 Å². The fraction of sp³-hybridized carbons (Fsp3) is 0.333. The summed E-state index contributed by atoms with van der Waals surface area (Å²) >= 11 is 0. The molecule has 3 rings (SSSR count). The van der Waals surface area contributed by atoms with Crippen LogP contribution in [0.1, 0.15) is 42.4 Å². The summed E-state index contributed by atoms with van der Waals surface area (Å²) in [5, 5.41) is 13.6. The summed E-state index contributed by atoms with van der Waals surface area (Å²) in [6, 6.07) is 9.14. The fourth-order valence-electron chi connectivity index (χ4n) is 2.85. The zero-order valence-corrected chi connectivity index (χ0v) is 13.4. The van der Waals surface area contributed by atoms with Gasteiger partial charge in [-0.1, -0.05) is 18.2 Å². The number of rotatable bonds is 3. The molecule has 1 aromatic carbocycles. The Kier molecular flexibility index (Phi) is 4.19. The quantitative estimate of drug-likeness (QED) is 0.947. The van der Waals surface area contributed by atoms with E-state index in [1.165, 1.54) is 5.57 Å². The number of aromatic nitrogens is 2. The van der Waals surface area contributed by atoms with Gasteiger partial charge in [-0.05, 0) is 49.6 Å². The van der Waals surface area contributed by atoms with Crippen LogP contribution in [-0.4, -0.2) is 38.8 Å². The molecule has 0 saturated heterocycles. The van der Waals surface area contributed by atoms with E-state index in [1.54, 1.807) is 29.1 Å². The minimum absolute atomic E-state index is 0.0252. The lowest BCUT2D eigenvalue weighted by Crippen LogP contribution is -2.36. The Morgan fingerprint density at radius 3 is 2.57 bits per heavy atom. The van der Waals surface area contributed by atoms with Gasteiger partial charge in [0, 0.05) is 25.3 Å². The van der Waals surface area contributed by atoms with Gasteiger partial charge >= 0.3 is 0 Å². The third-order valence-corrected chi connectivity index (χ3v) is 4.11. The standard InChI is InChI=1S/C18H21N3O2/c1-13(2)21-17(7-10-19-21)18(23)20-11-8-15(9-12-20)14-3-5-16(22)6-4-14/h3-8,10,13,22H,9,11-12H2,1-2H3. The highest BCUT2D eigenvalue weighted by molar-refractivity contribution is 5.93. The van der Waals surface area contributed by atoms with E-state index in [2.05, 4.69) is 11.2 Å². The van der Waals surface area contributed by atoms with Gasteiger partial charge in [0.25, 0.3) is 5.91 Å². The maximum absolute atomic E-state index is 12.7.